The third-order valence-corrected chi connectivity index (χ3v) is 5.13. The van der Waals surface area contributed by atoms with Crippen molar-refractivity contribution >= 4 is 16.5 Å². The van der Waals surface area contributed by atoms with E-state index in [4.69, 9.17) is 9.15 Å². The number of rotatable bonds is 1. The molecule has 118 valence electrons. The Bertz CT molecular complexity index is 1030. The summed E-state index contributed by atoms with van der Waals surface area (Å²) in [6.07, 6.45) is 0.613. The molecule has 3 aromatic rings. The van der Waals surface area contributed by atoms with Gasteiger partial charge in [-0.3, -0.25) is 0 Å². The van der Waals surface area contributed by atoms with Crippen LogP contribution in [0.3, 0.4) is 0 Å². The molecular formula is C21H16O3. The normalized spacial score (nSPS) is 19.4. The van der Waals surface area contributed by atoms with Crippen molar-refractivity contribution in [2.45, 2.75) is 12.3 Å². The smallest absolute Gasteiger partial charge is 0.340 e. The summed E-state index contributed by atoms with van der Waals surface area (Å²) in [4.78, 5) is 12.6. The second-order valence-corrected chi connectivity index (χ2v) is 6.39. The van der Waals surface area contributed by atoms with E-state index in [0.717, 1.165) is 16.5 Å². The quantitative estimate of drug-likeness (QED) is 0.639. The molecule has 1 aromatic heterocycles. The third-order valence-electron chi connectivity index (χ3n) is 5.13. The number of hydrogen-bond acceptors (Lipinski definition) is 3. The molecule has 0 spiro atoms. The van der Waals surface area contributed by atoms with Gasteiger partial charge in [-0.05, 0) is 28.3 Å². The van der Waals surface area contributed by atoms with Gasteiger partial charge in [0.25, 0.3) is 0 Å². The van der Waals surface area contributed by atoms with Crippen molar-refractivity contribution in [2.24, 2.45) is 0 Å². The lowest BCUT2D eigenvalue weighted by Crippen LogP contribution is -2.21. The van der Waals surface area contributed by atoms with Crippen molar-refractivity contribution in [3.63, 3.8) is 0 Å². The summed E-state index contributed by atoms with van der Waals surface area (Å²) in [7, 11) is 0. The van der Waals surface area contributed by atoms with Crippen LogP contribution in [0.15, 0.2) is 69.4 Å². The van der Waals surface area contributed by atoms with E-state index < -0.39 is 0 Å². The molecule has 3 heteroatoms. The number of hydrogen-bond donors (Lipinski definition) is 0. The predicted octanol–water partition coefficient (Wildman–Crippen LogP) is 3.92. The first-order valence-electron chi connectivity index (χ1n) is 8.22. The fourth-order valence-electron chi connectivity index (χ4n) is 4.04. The lowest BCUT2D eigenvalue weighted by molar-refractivity contribution is 0.199. The molecule has 5 rings (SSSR count). The Morgan fingerprint density at radius 2 is 1.75 bits per heavy atom. The Balaban J connectivity index is 1.81. The van der Waals surface area contributed by atoms with Crippen molar-refractivity contribution in [1.29, 1.82) is 0 Å². The zero-order valence-electron chi connectivity index (χ0n) is 13.1. The van der Waals surface area contributed by atoms with E-state index in [-0.39, 0.29) is 11.5 Å². The van der Waals surface area contributed by atoms with Crippen LogP contribution in [0.1, 0.15) is 22.6 Å². The Hall–Kier alpha value is -2.65. The Kier molecular flexibility index (Phi) is 2.97. The van der Waals surface area contributed by atoms with Crippen molar-refractivity contribution < 1.29 is 9.15 Å². The zero-order valence-corrected chi connectivity index (χ0v) is 13.1. The summed E-state index contributed by atoms with van der Waals surface area (Å²) in [6, 6.07) is 18.1. The molecule has 24 heavy (non-hydrogen) atoms. The minimum absolute atomic E-state index is 0.151. The van der Waals surface area contributed by atoms with Gasteiger partial charge >= 0.3 is 5.63 Å². The van der Waals surface area contributed by atoms with Gasteiger partial charge in [0.2, 0.25) is 0 Å². The molecule has 0 bridgehead atoms. The van der Waals surface area contributed by atoms with Gasteiger partial charge < -0.3 is 9.15 Å². The minimum atomic E-state index is -0.219. The highest BCUT2D eigenvalue weighted by atomic mass is 16.5. The highest BCUT2D eigenvalue weighted by Crippen LogP contribution is 2.44. The summed E-state index contributed by atoms with van der Waals surface area (Å²) in [5.41, 5.74) is 6.03. The minimum Gasteiger partial charge on any atom is -0.423 e. The first-order chi connectivity index (χ1) is 11.8. The van der Waals surface area contributed by atoms with Gasteiger partial charge in [0.05, 0.1) is 13.2 Å². The summed E-state index contributed by atoms with van der Waals surface area (Å²) in [6.45, 7) is 1.27. The molecule has 1 aliphatic heterocycles. The van der Waals surface area contributed by atoms with Crippen LogP contribution in [0.2, 0.25) is 0 Å². The molecule has 1 atom stereocenters. The van der Waals surface area contributed by atoms with Crippen molar-refractivity contribution in [2.75, 3.05) is 13.2 Å². The summed E-state index contributed by atoms with van der Waals surface area (Å²) in [5, 5.41) is 1.03. The predicted molar refractivity (Wildman–Crippen MR) is 93.1 cm³/mol. The molecule has 1 unspecified atom stereocenters. The second kappa shape index (κ2) is 5.18. The molecule has 2 aliphatic rings. The number of ether oxygens (including phenoxy) is 1. The maximum Gasteiger partial charge on any atom is 0.340 e. The number of allylic oxidation sites excluding steroid dienone is 1. The van der Waals surface area contributed by atoms with Gasteiger partial charge in [0, 0.05) is 23.3 Å². The largest absolute Gasteiger partial charge is 0.423 e. The van der Waals surface area contributed by atoms with Gasteiger partial charge in [-0.1, -0.05) is 48.5 Å². The van der Waals surface area contributed by atoms with Gasteiger partial charge in [0.1, 0.15) is 5.58 Å². The molecule has 2 aromatic carbocycles. The zero-order chi connectivity index (χ0) is 16.1. The van der Waals surface area contributed by atoms with Crippen LogP contribution in [0, 0.1) is 0 Å². The second-order valence-electron chi connectivity index (χ2n) is 6.39. The Morgan fingerprint density at radius 3 is 2.62 bits per heavy atom. The third kappa shape index (κ3) is 1.91. The molecule has 2 heterocycles. The van der Waals surface area contributed by atoms with Crippen LogP contribution in [-0.2, 0) is 11.2 Å². The van der Waals surface area contributed by atoms with Gasteiger partial charge in [0.15, 0.2) is 0 Å². The van der Waals surface area contributed by atoms with Crippen molar-refractivity contribution in [3.8, 4) is 0 Å². The molecule has 1 fully saturated rings. The monoisotopic (exact) mass is 316 g/mol. The molecule has 1 saturated heterocycles. The van der Waals surface area contributed by atoms with Gasteiger partial charge in [-0.25, -0.2) is 4.79 Å². The van der Waals surface area contributed by atoms with Crippen LogP contribution >= 0.6 is 0 Å². The van der Waals surface area contributed by atoms with E-state index in [1.54, 1.807) is 0 Å². The average molecular weight is 316 g/mol. The van der Waals surface area contributed by atoms with Crippen LogP contribution in [0.5, 0.6) is 0 Å². The van der Waals surface area contributed by atoms with E-state index >= 15 is 0 Å². The van der Waals surface area contributed by atoms with E-state index in [9.17, 15) is 4.79 Å². The standard InChI is InChI=1S/C21H16O3/c22-21-16-10-15(13-6-2-1-3-7-13)17-11-23-12-18(17)20(16)14-8-4-5-9-19(14)24-21/h1-9,18H,10-12H2. The maximum atomic E-state index is 12.6. The van der Waals surface area contributed by atoms with E-state index in [1.807, 2.05) is 42.5 Å². The molecule has 0 N–H and O–H groups in total. The van der Waals surface area contributed by atoms with E-state index in [1.165, 1.54) is 16.7 Å². The van der Waals surface area contributed by atoms with E-state index in [2.05, 4.69) is 12.1 Å². The molecule has 3 nitrogen and oxygen atoms in total. The van der Waals surface area contributed by atoms with Gasteiger partial charge in [-0.15, -0.1) is 0 Å². The lowest BCUT2D eigenvalue weighted by atomic mass is 9.77. The fraction of sp³-hybridized carbons (Fsp3) is 0.190. The molecule has 0 saturated carbocycles. The maximum absolute atomic E-state index is 12.6. The molecular weight excluding hydrogens is 300 g/mol. The summed E-state index contributed by atoms with van der Waals surface area (Å²) < 4.78 is 11.4. The average Bonchev–Trinajstić information content (AvgIpc) is 3.11. The Morgan fingerprint density at radius 1 is 0.958 bits per heavy atom. The lowest BCUT2D eigenvalue weighted by Gasteiger charge is -2.26. The van der Waals surface area contributed by atoms with E-state index in [0.29, 0.717) is 25.2 Å². The van der Waals surface area contributed by atoms with Crippen LogP contribution in [0.4, 0.5) is 0 Å². The number of fused-ring (bicyclic) bond motifs is 5. The number of benzene rings is 2. The van der Waals surface area contributed by atoms with Crippen LogP contribution in [0.25, 0.3) is 16.5 Å². The highest BCUT2D eigenvalue weighted by molar-refractivity contribution is 5.86. The van der Waals surface area contributed by atoms with Crippen LogP contribution in [-0.4, -0.2) is 13.2 Å². The molecule has 1 aliphatic carbocycles. The Labute approximate surface area is 139 Å². The number of para-hydroxylation sites is 1. The van der Waals surface area contributed by atoms with Crippen LogP contribution < -0.4 is 5.63 Å². The highest BCUT2D eigenvalue weighted by Gasteiger charge is 2.35. The summed E-state index contributed by atoms with van der Waals surface area (Å²) in [5.74, 6) is 0.151. The topological polar surface area (TPSA) is 39.4 Å². The summed E-state index contributed by atoms with van der Waals surface area (Å²) >= 11 is 0. The fourth-order valence-corrected chi connectivity index (χ4v) is 4.04. The SMILES string of the molecule is O=c1oc2ccccc2c2c1CC(c1ccccc1)=C1COCC12. The first-order valence-corrected chi connectivity index (χ1v) is 8.22. The van der Waals surface area contributed by atoms with Gasteiger partial charge in [-0.2, -0.15) is 0 Å². The first kappa shape index (κ1) is 13.8. The van der Waals surface area contributed by atoms with Crippen molar-refractivity contribution in [1.82, 2.24) is 0 Å². The molecule has 0 amide bonds. The molecule has 0 radical (unpaired) electrons. The van der Waals surface area contributed by atoms with Crippen molar-refractivity contribution in [3.05, 3.63) is 87.3 Å².